The molecule has 180 valence electrons. The molecular formula is C25H20N6O5. The van der Waals surface area contributed by atoms with E-state index in [-0.39, 0.29) is 11.3 Å². The van der Waals surface area contributed by atoms with E-state index in [4.69, 9.17) is 9.47 Å². The molecule has 3 N–H and O–H groups in total. The number of ether oxygens (including phenoxy) is 2. The van der Waals surface area contributed by atoms with Crippen LogP contribution in [0.25, 0.3) is 28.0 Å². The molecular weight excluding hydrogens is 464 g/mol. The minimum absolute atomic E-state index is 0.0599. The van der Waals surface area contributed by atoms with E-state index >= 15 is 0 Å². The fourth-order valence-electron chi connectivity index (χ4n) is 3.70. The summed E-state index contributed by atoms with van der Waals surface area (Å²) >= 11 is 0. The van der Waals surface area contributed by atoms with Crippen molar-refractivity contribution in [3.63, 3.8) is 0 Å². The molecule has 0 unspecified atom stereocenters. The molecule has 3 aromatic heterocycles. The summed E-state index contributed by atoms with van der Waals surface area (Å²) in [6, 6.07) is 15.8. The first-order valence-corrected chi connectivity index (χ1v) is 10.7. The number of rotatable bonds is 6. The number of benzene rings is 2. The van der Waals surface area contributed by atoms with Crippen LogP contribution in [0.15, 0.2) is 71.8 Å². The van der Waals surface area contributed by atoms with E-state index in [1.54, 1.807) is 55.3 Å². The molecule has 0 aliphatic rings. The fraction of sp³-hybridized carbons (Fsp3) is 0.0800. The summed E-state index contributed by atoms with van der Waals surface area (Å²) in [6.45, 7) is 0. The third kappa shape index (κ3) is 4.09. The number of carbonyl (C=O) groups is 1. The smallest absolute Gasteiger partial charge is 0.267 e. The van der Waals surface area contributed by atoms with E-state index in [1.165, 1.54) is 18.5 Å². The first kappa shape index (κ1) is 22.6. The van der Waals surface area contributed by atoms with Crippen LogP contribution in [0, 0.1) is 0 Å². The molecule has 36 heavy (non-hydrogen) atoms. The number of aromatic hydroxyl groups is 1. The summed E-state index contributed by atoms with van der Waals surface area (Å²) in [5.74, 6) is 0.388. The second-order valence-corrected chi connectivity index (χ2v) is 7.65. The van der Waals surface area contributed by atoms with Crippen LogP contribution in [0.2, 0.25) is 0 Å². The number of methoxy groups -OCH3 is 2. The van der Waals surface area contributed by atoms with Crippen LogP contribution in [0.1, 0.15) is 10.4 Å². The summed E-state index contributed by atoms with van der Waals surface area (Å²) in [7, 11) is 3.14. The number of nitrogens with one attached hydrogen (secondary N) is 2. The van der Waals surface area contributed by atoms with Gasteiger partial charge in [0.1, 0.15) is 22.8 Å². The van der Waals surface area contributed by atoms with Gasteiger partial charge in [0.2, 0.25) is 5.95 Å². The zero-order valence-electron chi connectivity index (χ0n) is 19.2. The first-order valence-electron chi connectivity index (χ1n) is 10.7. The second-order valence-electron chi connectivity index (χ2n) is 7.65. The minimum atomic E-state index is -0.861. The maximum absolute atomic E-state index is 13.0. The molecule has 0 atom stereocenters. The molecule has 0 saturated heterocycles. The topological polar surface area (TPSA) is 144 Å². The van der Waals surface area contributed by atoms with Gasteiger partial charge in [0.25, 0.3) is 11.5 Å². The summed E-state index contributed by atoms with van der Waals surface area (Å²) in [5.41, 5.74) is 0.447. The average molecular weight is 484 g/mol. The average Bonchev–Trinajstić information content (AvgIpc) is 3.32. The van der Waals surface area contributed by atoms with E-state index in [1.807, 2.05) is 12.1 Å². The number of aromatic nitrogens is 5. The van der Waals surface area contributed by atoms with Crippen molar-refractivity contribution in [3.8, 4) is 34.3 Å². The Morgan fingerprint density at radius 3 is 2.33 bits per heavy atom. The molecule has 11 nitrogen and oxygen atoms in total. The van der Waals surface area contributed by atoms with Crippen molar-refractivity contribution in [2.75, 3.05) is 19.5 Å². The van der Waals surface area contributed by atoms with Crippen molar-refractivity contribution in [2.45, 2.75) is 0 Å². The molecule has 0 fully saturated rings. The van der Waals surface area contributed by atoms with E-state index in [2.05, 4.69) is 25.4 Å². The zero-order chi connectivity index (χ0) is 25.2. The lowest BCUT2D eigenvalue weighted by Gasteiger charge is -2.07. The van der Waals surface area contributed by atoms with E-state index in [9.17, 15) is 14.7 Å². The van der Waals surface area contributed by atoms with Crippen LogP contribution in [0.5, 0.6) is 17.2 Å². The maximum Gasteiger partial charge on any atom is 0.267 e. The molecule has 0 saturated carbocycles. The van der Waals surface area contributed by atoms with Gasteiger partial charge in [-0.2, -0.15) is 4.98 Å². The summed E-state index contributed by atoms with van der Waals surface area (Å²) in [4.78, 5) is 36.5. The largest absolute Gasteiger partial charge is 0.506 e. The third-order valence-electron chi connectivity index (χ3n) is 5.51. The molecule has 5 rings (SSSR count). The van der Waals surface area contributed by atoms with Gasteiger partial charge < -0.3 is 19.6 Å². The van der Waals surface area contributed by atoms with Crippen molar-refractivity contribution < 1.29 is 19.4 Å². The molecule has 11 heteroatoms. The van der Waals surface area contributed by atoms with E-state index < -0.39 is 22.8 Å². The molecule has 0 spiro atoms. The number of anilines is 1. The number of aromatic amines is 1. The van der Waals surface area contributed by atoms with Crippen molar-refractivity contribution >= 4 is 22.8 Å². The number of hydrogen-bond acceptors (Lipinski definition) is 8. The fourth-order valence-corrected chi connectivity index (χ4v) is 3.70. The van der Waals surface area contributed by atoms with Crippen LogP contribution in [0.4, 0.5) is 5.95 Å². The van der Waals surface area contributed by atoms with Crippen molar-refractivity contribution in [1.29, 1.82) is 0 Å². The van der Waals surface area contributed by atoms with Gasteiger partial charge in [0, 0.05) is 17.1 Å². The predicted molar refractivity (Wildman–Crippen MR) is 132 cm³/mol. The Kier molecular flexibility index (Phi) is 5.79. The van der Waals surface area contributed by atoms with Gasteiger partial charge in [-0.3, -0.25) is 19.9 Å². The van der Waals surface area contributed by atoms with Crippen LogP contribution in [-0.2, 0) is 0 Å². The number of carbonyl (C=O) groups excluding carboxylic acids is 1. The summed E-state index contributed by atoms with van der Waals surface area (Å²) in [5, 5.41) is 17.9. The third-order valence-corrected chi connectivity index (χ3v) is 5.51. The van der Waals surface area contributed by atoms with Crippen molar-refractivity contribution in [1.82, 2.24) is 24.7 Å². The summed E-state index contributed by atoms with van der Waals surface area (Å²) in [6.07, 6.45) is 2.83. The number of nitrogens with zero attached hydrogens (tertiary/aromatic N) is 4. The van der Waals surface area contributed by atoms with Gasteiger partial charge in [0.15, 0.2) is 5.82 Å². The number of fused-ring (bicyclic) bond motifs is 1. The highest BCUT2D eigenvalue weighted by molar-refractivity contribution is 6.08. The number of hydrogen-bond donors (Lipinski definition) is 3. The molecule has 1 amide bonds. The lowest BCUT2D eigenvalue weighted by atomic mass is 10.1. The Bertz CT molecular complexity index is 1560. The Hall–Kier alpha value is -5.19. The van der Waals surface area contributed by atoms with Crippen LogP contribution >= 0.6 is 0 Å². The monoisotopic (exact) mass is 484 g/mol. The molecule has 3 heterocycles. The molecule has 0 radical (unpaired) electrons. The van der Waals surface area contributed by atoms with Gasteiger partial charge in [-0.25, -0.2) is 4.68 Å². The van der Waals surface area contributed by atoms with Crippen LogP contribution in [0.3, 0.4) is 0 Å². The van der Waals surface area contributed by atoms with Gasteiger partial charge >= 0.3 is 0 Å². The van der Waals surface area contributed by atoms with E-state index in [0.29, 0.717) is 34.1 Å². The molecule has 0 bridgehead atoms. The number of amides is 1. The van der Waals surface area contributed by atoms with Gasteiger partial charge in [-0.15, -0.1) is 5.10 Å². The first-order chi connectivity index (χ1) is 17.5. The molecule has 0 aliphatic carbocycles. The standard InChI is InChI=1S/C25H20N6O5/c1-35-16-7-3-14(4-8-16)22-28-25(30-31(22)15-5-9-17(36-2)10-6-15)29-24(34)20-21(32)18-11-12-26-13-19(18)27-23(20)33/h3-13H,1-2H3,(H2,27,32,33)(H,29,30,34). The lowest BCUT2D eigenvalue weighted by molar-refractivity contribution is 0.102. The number of pyridine rings is 2. The minimum Gasteiger partial charge on any atom is -0.506 e. The number of H-pyrrole nitrogens is 1. The van der Waals surface area contributed by atoms with E-state index in [0.717, 1.165) is 0 Å². The lowest BCUT2D eigenvalue weighted by Crippen LogP contribution is -2.24. The molecule has 0 aliphatic heterocycles. The van der Waals surface area contributed by atoms with Gasteiger partial charge in [-0.1, -0.05) is 0 Å². The SMILES string of the molecule is COc1ccc(-c2nc(NC(=O)c3c(O)c4ccncc4[nH]c3=O)nn2-c2ccc(OC)cc2)cc1. The van der Waals surface area contributed by atoms with Gasteiger partial charge in [0.05, 0.1) is 31.6 Å². The highest BCUT2D eigenvalue weighted by Gasteiger charge is 2.22. The second kappa shape index (κ2) is 9.22. The Morgan fingerprint density at radius 1 is 1.00 bits per heavy atom. The Labute approximate surface area is 204 Å². The highest BCUT2D eigenvalue weighted by atomic mass is 16.5. The summed E-state index contributed by atoms with van der Waals surface area (Å²) < 4.78 is 12.0. The molecule has 2 aromatic carbocycles. The quantitative estimate of drug-likeness (QED) is 0.333. The predicted octanol–water partition coefficient (Wildman–Crippen LogP) is 3.15. The normalized spacial score (nSPS) is 10.8. The Morgan fingerprint density at radius 2 is 1.67 bits per heavy atom. The van der Waals surface area contributed by atoms with Crippen LogP contribution in [-0.4, -0.2) is 50.0 Å². The maximum atomic E-state index is 13.0. The Balaban J connectivity index is 1.56. The highest BCUT2D eigenvalue weighted by Crippen LogP contribution is 2.27. The molecule has 5 aromatic rings. The van der Waals surface area contributed by atoms with Crippen molar-refractivity contribution in [3.05, 3.63) is 82.9 Å². The van der Waals surface area contributed by atoms with Crippen LogP contribution < -0.4 is 20.3 Å². The van der Waals surface area contributed by atoms with Gasteiger partial charge in [-0.05, 0) is 54.6 Å². The van der Waals surface area contributed by atoms with Crippen molar-refractivity contribution in [2.24, 2.45) is 0 Å². The zero-order valence-corrected chi connectivity index (χ0v) is 19.2.